The van der Waals surface area contributed by atoms with E-state index in [2.05, 4.69) is 22.8 Å². The zero-order valence-electron chi connectivity index (χ0n) is 11.4. The van der Waals surface area contributed by atoms with E-state index in [1.54, 1.807) is 0 Å². The van der Waals surface area contributed by atoms with Crippen molar-refractivity contribution in [2.45, 2.75) is 37.8 Å². The summed E-state index contributed by atoms with van der Waals surface area (Å²) in [6, 6.07) is 10.4. The van der Waals surface area contributed by atoms with Crippen LogP contribution in [0, 0.1) is 17.2 Å². The Morgan fingerprint density at radius 3 is 3.05 bits per heavy atom. The molecular formula is C16H19N3O. The van der Waals surface area contributed by atoms with Crippen LogP contribution in [-0.4, -0.2) is 18.5 Å². The summed E-state index contributed by atoms with van der Waals surface area (Å²) in [7, 11) is 0. The van der Waals surface area contributed by atoms with Gasteiger partial charge in [-0.25, -0.2) is 0 Å². The number of nitriles is 1. The summed E-state index contributed by atoms with van der Waals surface area (Å²) in [4.78, 5) is 12.5. The highest BCUT2D eigenvalue weighted by Crippen LogP contribution is 2.28. The van der Waals surface area contributed by atoms with Gasteiger partial charge in [0.1, 0.15) is 0 Å². The molecule has 4 heteroatoms. The van der Waals surface area contributed by atoms with E-state index in [1.807, 2.05) is 18.2 Å². The van der Waals surface area contributed by atoms with Gasteiger partial charge in [0.2, 0.25) is 5.91 Å². The number of nitrogens with one attached hydrogen (secondary N) is 2. The first-order valence-corrected chi connectivity index (χ1v) is 7.28. The Kier molecular flexibility index (Phi) is 3.70. The van der Waals surface area contributed by atoms with Crippen molar-refractivity contribution in [1.82, 2.24) is 10.6 Å². The first-order chi connectivity index (χ1) is 9.79. The molecule has 1 aliphatic carbocycles. The van der Waals surface area contributed by atoms with Crippen molar-refractivity contribution in [1.29, 1.82) is 5.26 Å². The molecule has 0 aromatic heterocycles. The molecular weight excluding hydrogens is 250 g/mol. The maximum absolute atomic E-state index is 12.5. The molecule has 2 N–H and O–H groups in total. The Morgan fingerprint density at radius 2 is 2.20 bits per heavy atom. The Morgan fingerprint density at radius 1 is 1.35 bits per heavy atom. The third-order valence-corrected chi connectivity index (χ3v) is 4.42. The van der Waals surface area contributed by atoms with Crippen LogP contribution in [0.1, 0.15) is 36.3 Å². The number of amides is 1. The molecule has 1 heterocycles. The van der Waals surface area contributed by atoms with Crippen molar-refractivity contribution in [2.24, 2.45) is 5.92 Å². The van der Waals surface area contributed by atoms with Gasteiger partial charge in [-0.1, -0.05) is 24.3 Å². The highest BCUT2D eigenvalue weighted by Gasteiger charge is 2.32. The molecule has 0 saturated heterocycles. The van der Waals surface area contributed by atoms with E-state index in [0.29, 0.717) is 6.54 Å². The van der Waals surface area contributed by atoms with E-state index in [1.165, 1.54) is 5.56 Å². The zero-order valence-corrected chi connectivity index (χ0v) is 11.4. The van der Waals surface area contributed by atoms with Crippen LogP contribution in [-0.2, 0) is 11.3 Å². The Balaban J connectivity index is 1.74. The van der Waals surface area contributed by atoms with Gasteiger partial charge in [0.15, 0.2) is 0 Å². The second-order valence-corrected chi connectivity index (χ2v) is 5.66. The van der Waals surface area contributed by atoms with Crippen molar-refractivity contribution in [3.8, 4) is 6.07 Å². The van der Waals surface area contributed by atoms with Crippen LogP contribution in [0.15, 0.2) is 24.3 Å². The lowest BCUT2D eigenvalue weighted by Crippen LogP contribution is -2.44. The molecule has 104 valence electrons. The lowest BCUT2D eigenvalue weighted by molar-refractivity contribution is -0.123. The average molecular weight is 269 g/mol. The molecule has 0 spiro atoms. The fourth-order valence-corrected chi connectivity index (χ4v) is 3.30. The molecule has 1 aliphatic heterocycles. The van der Waals surface area contributed by atoms with Crippen molar-refractivity contribution < 1.29 is 4.79 Å². The number of carbonyl (C=O) groups is 1. The summed E-state index contributed by atoms with van der Waals surface area (Å²) in [5, 5.41) is 15.5. The van der Waals surface area contributed by atoms with Gasteiger partial charge in [-0.2, -0.15) is 5.26 Å². The molecule has 1 saturated carbocycles. The minimum Gasteiger partial charge on any atom is -0.351 e. The van der Waals surface area contributed by atoms with Crippen molar-refractivity contribution in [3.63, 3.8) is 0 Å². The summed E-state index contributed by atoms with van der Waals surface area (Å²) in [6.45, 7) is 1.50. The summed E-state index contributed by atoms with van der Waals surface area (Å²) < 4.78 is 0. The van der Waals surface area contributed by atoms with E-state index in [4.69, 9.17) is 5.26 Å². The second-order valence-electron chi connectivity index (χ2n) is 5.66. The molecule has 1 aromatic rings. The van der Waals surface area contributed by atoms with Crippen LogP contribution in [0.5, 0.6) is 0 Å². The van der Waals surface area contributed by atoms with Crippen molar-refractivity contribution in [3.05, 3.63) is 35.4 Å². The lowest BCUT2D eigenvalue weighted by atomic mass is 9.89. The summed E-state index contributed by atoms with van der Waals surface area (Å²) in [6.07, 6.45) is 2.86. The summed E-state index contributed by atoms with van der Waals surface area (Å²) in [5.41, 5.74) is 2.32. The third kappa shape index (κ3) is 2.41. The number of nitrogens with zero attached hydrogens (tertiary/aromatic N) is 1. The van der Waals surface area contributed by atoms with E-state index in [0.717, 1.165) is 31.4 Å². The van der Waals surface area contributed by atoms with Crippen molar-refractivity contribution in [2.75, 3.05) is 6.54 Å². The molecule has 4 nitrogen and oxygen atoms in total. The topological polar surface area (TPSA) is 64.9 Å². The second kappa shape index (κ2) is 5.64. The fourth-order valence-electron chi connectivity index (χ4n) is 3.30. The molecule has 1 aromatic carbocycles. The summed E-state index contributed by atoms with van der Waals surface area (Å²) >= 11 is 0. The maximum Gasteiger partial charge on any atom is 0.229 e. The van der Waals surface area contributed by atoms with Gasteiger partial charge in [0.05, 0.1) is 17.9 Å². The molecule has 3 atom stereocenters. The molecule has 2 aliphatic rings. The van der Waals surface area contributed by atoms with Crippen LogP contribution in [0.4, 0.5) is 0 Å². The van der Waals surface area contributed by atoms with Gasteiger partial charge in [0, 0.05) is 19.1 Å². The Labute approximate surface area is 119 Å². The lowest BCUT2D eigenvalue weighted by Gasteiger charge is -2.27. The number of rotatable bonds is 2. The molecule has 1 amide bonds. The first-order valence-electron chi connectivity index (χ1n) is 7.28. The molecule has 3 rings (SSSR count). The number of hydrogen-bond donors (Lipinski definition) is 2. The van der Waals surface area contributed by atoms with Crippen LogP contribution < -0.4 is 10.6 Å². The number of benzene rings is 1. The zero-order chi connectivity index (χ0) is 13.9. The van der Waals surface area contributed by atoms with E-state index in [9.17, 15) is 4.79 Å². The Bertz CT molecular complexity index is 549. The minimum atomic E-state index is -0.139. The number of carbonyl (C=O) groups excluding carboxylic acids is 1. The predicted octanol–water partition coefficient (Wildman–Crippen LogP) is 1.68. The third-order valence-electron chi connectivity index (χ3n) is 4.42. The predicted molar refractivity (Wildman–Crippen MR) is 75.8 cm³/mol. The number of fused-ring (bicyclic) bond motifs is 1. The van der Waals surface area contributed by atoms with Crippen molar-refractivity contribution >= 4 is 5.91 Å². The molecule has 0 bridgehead atoms. The van der Waals surface area contributed by atoms with E-state index < -0.39 is 0 Å². The largest absolute Gasteiger partial charge is 0.351 e. The molecule has 1 fully saturated rings. The number of hydrogen-bond acceptors (Lipinski definition) is 3. The maximum atomic E-state index is 12.5. The molecule has 3 unspecified atom stereocenters. The molecule has 20 heavy (non-hydrogen) atoms. The summed E-state index contributed by atoms with van der Waals surface area (Å²) in [5.74, 6) is -0.109. The van der Waals surface area contributed by atoms with Crippen LogP contribution in [0.25, 0.3) is 0 Å². The Hall–Kier alpha value is -1.86. The highest BCUT2D eigenvalue weighted by atomic mass is 16.2. The SMILES string of the molecule is N#CC1CCCC1NC(=O)C1CNCc2ccccc21. The van der Waals surface area contributed by atoms with Crippen LogP contribution in [0.2, 0.25) is 0 Å². The monoisotopic (exact) mass is 269 g/mol. The van der Waals surface area contributed by atoms with Gasteiger partial charge in [-0.05, 0) is 30.4 Å². The standard InChI is InChI=1S/C16H19N3O/c17-8-11-5-3-7-15(11)19-16(20)14-10-18-9-12-4-1-2-6-13(12)14/h1-2,4,6,11,14-15,18H,3,5,7,9-10H2,(H,19,20). The normalized spacial score (nSPS) is 28.4. The van der Waals surface area contributed by atoms with E-state index in [-0.39, 0.29) is 23.8 Å². The first kappa shape index (κ1) is 13.1. The van der Waals surface area contributed by atoms with Gasteiger partial charge in [0.25, 0.3) is 0 Å². The van der Waals surface area contributed by atoms with E-state index >= 15 is 0 Å². The fraction of sp³-hybridized carbons (Fsp3) is 0.500. The quantitative estimate of drug-likeness (QED) is 0.858. The van der Waals surface area contributed by atoms with Gasteiger partial charge >= 0.3 is 0 Å². The average Bonchev–Trinajstić information content (AvgIpc) is 2.93. The molecule has 0 radical (unpaired) electrons. The smallest absolute Gasteiger partial charge is 0.229 e. The highest BCUT2D eigenvalue weighted by molar-refractivity contribution is 5.85. The van der Waals surface area contributed by atoms with Crippen LogP contribution in [0.3, 0.4) is 0 Å². The minimum absolute atomic E-state index is 0.0225. The van der Waals surface area contributed by atoms with Crippen LogP contribution >= 0.6 is 0 Å². The van der Waals surface area contributed by atoms with Gasteiger partial charge < -0.3 is 10.6 Å². The van der Waals surface area contributed by atoms with Gasteiger partial charge in [-0.15, -0.1) is 0 Å². The van der Waals surface area contributed by atoms with Gasteiger partial charge in [-0.3, -0.25) is 4.79 Å².